The molecule has 3 aliphatic heterocycles. The zero-order valence-electron chi connectivity index (χ0n) is 17.1. The van der Waals surface area contributed by atoms with Gasteiger partial charge in [-0.2, -0.15) is 5.10 Å². The Labute approximate surface area is 183 Å². The van der Waals surface area contributed by atoms with E-state index in [0.717, 1.165) is 4.90 Å². The largest absolute Gasteiger partial charge is 0.427 e. The summed E-state index contributed by atoms with van der Waals surface area (Å²) in [6.45, 7) is 1.29. The number of hydrazone groups is 1. The van der Waals surface area contributed by atoms with Crippen molar-refractivity contribution >= 4 is 35.5 Å². The first kappa shape index (κ1) is 19.9. The van der Waals surface area contributed by atoms with Crippen molar-refractivity contribution in [3.63, 3.8) is 0 Å². The summed E-state index contributed by atoms with van der Waals surface area (Å²) in [5.41, 5.74) is 0.831. The number of hydrogen-bond acceptors (Lipinski definition) is 7. The topological polar surface area (TPSA) is 96.3 Å². The molecule has 2 aromatic carbocycles. The third kappa shape index (κ3) is 3.03. The van der Waals surface area contributed by atoms with Crippen molar-refractivity contribution in [2.45, 2.75) is 19.0 Å². The minimum atomic E-state index is -0.879. The third-order valence-electron chi connectivity index (χ3n) is 5.97. The van der Waals surface area contributed by atoms with Crippen molar-refractivity contribution in [1.82, 2.24) is 5.01 Å². The average molecular weight is 429 g/mol. The molecule has 0 aromatic heterocycles. The Kier molecular flexibility index (Phi) is 4.70. The number of carbonyl (C=O) groups excluding carboxylic acids is 4. The lowest BCUT2D eigenvalue weighted by molar-refractivity contribution is -0.132. The summed E-state index contributed by atoms with van der Waals surface area (Å²) in [6, 6.07) is 13.5. The minimum absolute atomic E-state index is 0.247. The number of fused-ring (bicyclic) bond motifs is 3. The van der Waals surface area contributed by atoms with Gasteiger partial charge in [0.25, 0.3) is 0 Å². The number of esters is 1. The van der Waals surface area contributed by atoms with Crippen LogP contribution in [0.1, 0.15) is 17.3 Å². The molecule has 8 heteroatoms. The highest BCUT2D eigenvalue weighted by molar-refractivity contribution is 6.24. The zero-order valence-corrected chi connectivity index (χ0v) is 17.1. The molecule has 2 aromatic rings. The maximum Gasteiger partial charge on any atom is 0.308 e. The summed E-state index contributed by atoms with van der Waals surface area (Å²) >= 11 is 0. The van der Waals surface area contributed by atoms with E-state index >= 15 is 0 Å². The van der Waals surface area contributed by atoms with E-state index in [1.54, 1.807) is 59.8 Å². The zero-order chi connectivity index (χ0) is 22.4. The van der Waals surface area contributed by atoms with Gasteiger partial charge in [0, 0.05) is 18.7 Å². The average Bonchev–Trinajstić information content (AvgIpc) is 3.27. The fourth-order valence-corrected chi connectivity index (χ4v) is 4.69. The van der Waals surface area contributed by atoms with Gasteiger partial charge in [-0.15, -0.1) is 0 Å². The van der Waals surface area contributed by atoms with E-state index in [1.165, 1.54) is 19.1 Å². The van der Waals surface area contributed by atoms with Crippen molar-refractivity contribution in [2.24, 2.45) is 16.9 Å². The summed E-state index contributed by atoms with van der Waals surface area (Å²) in [4.78, 5) is 52.6. The van der Waals surface area contributed by atoms with E-state index < -0.39 is 35.8 Å². The first-order chi connectivity index (χ1) is 15.5. The first-order valence-electron chi connectivity index (χ1n) is 10.2. The molecule has 0 saturated carbocycles. The SMILES string of the molecule is CC(=O)Oc1ccc(N2C(=O)[C@@H]3[C@H](C2=O)[C@@H](C(=O)c2ccccc2)N2N=CC=C[C@@H]32)cc1. The van der Waals surface area contributed by atoms with Gasteiger partial charge in [0.15, 0.2) is 5.78 Å². The lowest BCUT2D eigenvalue weighted by Gasteiger charge is -2.30. The molecule has 0 spiro atoms. The monoisotopic (exact) mass is 429 g/mol. The van der Waals surface area contributed by atoms with Gasteiger partial charge in [-0.25, -0.2) is 4.90 Å². The summed E-state index contributed by atoms with van der Waals surface area (Å²) in [5.74, 6) is -2.78. The second-order valence-corrected chi connectivity index (χ2v) is 7.85. The number of hydrogen-bond donors (Lipinski definition) is 0. The van der Waals surface area contributed by atoms with E-state index in [0.29, 0.717) is 17.0 Å². The van der Waals surface area contributed by atoms with Crippen molar-refractivity contribution in [3.8, 4) is 5.75 Å². The summed E-state index contributed by atoms with van der Waals surface area (Å²) in [6.07, 6.45) is 5.09. The molecular weight excluding hydrogens is 410 g/mol. The van der Waals surface area contributed by atoms with Gasteiger partial charge in [0.05, 0.1) is 23.6 Å². The van der Waals surface area contributed by atoms with Crippen molar-refractivity contribution in [3.05, 3.63) is 72.3 Å². The van der Waals surface area contributed by atoms with Crippen molar-refractivity contribution in [2.75, 3.05) is 4.90 Å². The molecule has 0 radical (unpaired) electrons. The molecule has 32 heavy (non-hydrogen) atoms. The molecule has 2 saturated heterocycles. The van der Waals surface area contributed by atoms with Crippen LogP contribution in [-0.2, 0) is 14.4 Å². The highest BCUT2D eigenvalue weighted by Gasteiger charge is 2.64. The molecule has 2 fully saturated rings. The number of allylic oxidation sites excluding steroid dienone is 1. The Morgan fingerprint density at radius 2 is 1.62 bits per heavy atom. The number of ether oxygens (including phenoxy) is 1. The van der Waals surface area contributed by atoms with E-state index in [1.807, 2.05) is 6.07 Å². The fraction of sp³-hybridized carbons (Fsp3) is 0.208. The Bertz CT molecular complexity index is 1170. The number of anilines is 1. The molecule has 0 N–H and O–H groups in total. The van der Waals surface area contributed by atoms with Crippen LogP contribution < -0.4 is 9.64 Å². The predicted molar refractivity (Wildman–Crippen MR) is 115 cm³/mol. The van der Waals surface area contributed by atoms with Crippen LogP contribution in [0.3, 0.4) is 0 Å². The molecule has 0 aliphatic carbocycles. The van der Waals surface area contributed by atoms with E-state index in [2.05, 4.69) is 5.10 Å². The van der Waals surface area contributed by atoms with Crippen molar-refractivity contribution in [1.29, 1.82) is 0 Å². The molecular formula is C24H19N3O5. The van der Waals surface area contributed by atoms with Crippen LogP contribution >= 0.6 is 0 Å². The quantitative estimate of drug-likeness (QED) is 0.320. The van der Waals surface area contributed by atoms with Gasteiger partial charge in [-0.3, -0.25) is 24.2 Å². The molecule has 0 bridgehead atoms. The van der Waals surface area contributed by atoms with E-state index in [-0.39, 0.29) is 11.7 Å². The fourth-order valence-electron chi connectivity index (χ4n) is 4.69. The lowest BCUT2D eigenvalue weighted by atomic mass is 9.86. The molecule has 4 atom stereocenters. The Morgan fingerprint density at radius 1 is 0.938 bits per heavy atom. The lowest BCUT2D eigenvalue weighted by Crippen LogP contribution is -2.46. The number of ketones is 1. The summed E-state index contributed by atoms with van der Waals surface area (Å²) < 4.78 is 5.02. The number of benzene rings is 2. The minimum Gasteiger partial charge on any atom is -0.427 e. The Balaban J connectivity index is 1.52. The van der Waals surface area contributed by atoms with Crippen LogP contribution in [0, 0.1) is 11.8 Å². The molecule has 160 valence electrons. The number of amides is 2. The predicted octanol–water partition coefficient (Wildman–Crippen LogP) is 2.21. The molecule has 8 nitrogen and oxygen atoms in total. The number of rotatable bonds is 4. The number of imide groups is 1. The van der Waals surface area contributed by atoms with E-state index in [4.69, 9.17) is 4.74 Å². The highest BCUT2D eigenvalue weighted by atomic mass is 16.5. The first-order valence-corrected chi connectivity index (χ1v) is 10.2. The number of nitrogens with zero attached hydrogens (tertiary/aromatic N) is 3. The van der Waals surface area contributed by atoms with Gasteiger partial charge >= 0.3 is 5.97 Å². The molecule has 3 aliphatic rings. The second kappa shape index (κ2) is 7.56. The van der Waals surface area contributed by atoms with Gasteiger partial charge < -0.3 is 4.74 Å². The maximum absolute atomic E-state index is 13.5. The van der Waals surface area contributed by atoms with Gasteiger partial charge in [0.1, 0.15) is 11.8 Å². The molecule has 2 amide bonds. The number of Topliss-reactive ketones (excluding diaryl/α,β-unsaturated/α-hetero) is 1. The van der Waals surface area contributed by atoms with E-state index in [9.17, 15) is 19.2 Å². The molecule has 5 rings (SSSR count). The maximum atomic E-state index is 13.5. The summed E-state index contributed by atoms with van der Waals surface area (Å²) in [7, 11) is 0. The molecule has 3 heterocycles. The Hall–Kier alpha value is -4.07. The van der Waals surface area contributed by atoms with Gasteiger partial charge in [0.2, 0.25) is 11.8 Å². The van der Waals surface area contributed by atoms with Gasteiger partial charge in [-0.1, -0.05) is 36.4 Å². The Morgan fingerprint density at radius 3 is 2.31 bits per heavy atom. The standard InChI is InChI=1S/C24H19N3O5/c1-14(28)32-17-11-9-16(10-12-17)26-23(30)19-18-8-5-13-25-27(18)21(20(19)24(26)31)22(29)15-6-3-2-4-7-15/h2-13,18-21H,1H3/t18-,19-,20-,21-/m0/s1. The normalized spacial score (nSPS) is 25.7. The van der Waals surface area contributed by atoms with Crippen LogP contribution in [-0.4, -0.2) is 46.9 Å². The smallest absolute Gasteiger partial charge is 0.308 e. The summed E-state index contributed by atoms with van der Waals surface area (Å²) in [5, 5.41) is 5.92. The number of carbonyl (C=O) groups is 4. The van der Waals surface area contributed by atoms with Gasteiger partial charge in [-0.05, 0) is 30.3 Å². The van der Waals surface area contributed by atoms with Crippen LogP contribution in [0.25, 0.3) is 0 Å². The van der Waals surface area contributed by atoms with Crippen LogP contribution in [0.5, 0.6) is 5.75 Å². The van der Waals surface area contributed by atoms with Crippen LogP contribution in [0.15, 0.2) is 71.9 Å². The second-order valence-electron chi connectivity index (χ2n) is 7.85. The van der Waals surface area contributed by atoms with Crippen LogP contribution in [0.2, 0.25) is 0 Å². The highest BCUT2D eigenvalue weighted by Crippen LogP contribution is 2.46. The van der Waals surface area contributed by atoms with Crippen molar-refractivity contribution < 1.29 is 23.9 Å². The third-order valence-corrected chi connectivity index (χ3v) is 5.97. The molecule has 0 unspecified atom stereocenters. The van der Waals surface area contributed by atoms with Crippen LogP contribution in [0.4, 0.5) is 5.69 Å².